The first-order chi connectivity index (χ1) is 7.61. The molecule has 0 saturated carbocycles. The van der Waals surface area contributed by atoms with Crippen LogP contribution in [0.5, 0.6) is 0 Å². The van der Waals surface area contributed by atoms with Gasteiger partial charge in [0.1, 0.15) is 0 Å². The molecule has 1 unspecified atom stereocenters. The molecule has 0 radical (unpaired) electrons. The highest BCUT2D eigenvalue weighted by molar-refractivity contribution is 6.31. The normalized spacial score (nSPS) is 13.2. The van der Waals surface area contributed by atoms with Gasteiger partial charge in [-0.25, -0.2) is 0 Å². The molecule has 1 heterocycles. The van der Waals surface area contributed by atoms with E-state index >= 15 is 0 Å². The number of aliphatic hydroxyl groups is 1. The minimum atomic E-state index is -0.315. The third-order valence-electron chi connectivity index (χ3n) is 2.77. The van der Waals surface area contributed by atoms with Crippen molar-refractivity contribution in [1.82, 2.24) is 4.57 Å². The van der Waals surface area contributed by atoms with Crippen molar-refractivity contribution in [3.05, 3.63) is 35.0 Å². The lowest BCUT2D eigenvalue weighted by molar-refractivity contribution is 0.193. The molecule has 0 bridgehead atoms. The molecule has 2 aromatic rings. The maximum Gasteiger partial charge on any atom is 0.0566 e. The summed E-state index contributed by atoms with van der Waals surface area (Å²) >= 11 is 5.97. The van der Waals surface area contributed by atoms with Crippen LogP contribution in [0.1, 0.15) is 19.5 Å². The van der Waals surface area contributed by atoms with E-state index in [0.29, 0.717) is 6.42 Å². The largest absolute Gasteiger partial charge is 0.393 e. The number of rotatable bonds is 3. The molecule has 0 aliphatic heterocycles. The van der Waals surface area contributed by atoms with E-state index in [9.17, 15) is 5.11 Å². The molecule has 1 aromatic carbocycles. The Morgan fingerprint density at radius 1 is 1.38 bits per heavy atom. The number of aryl methyl sites for hydroxylation is 1. The molecule has 0 saturated heterocycles. The zero-order valence-electron chi connectivity index (χ0n) is 9.57. The Labute approximate surface area is 100 Å². The van der Waals surface area contributed by atoms with Gasteiger partial charge in [0.15, 0.2) is 0 Å². The summed E-state index contributed by atoms with van der Waals surface area (Å²) in [5.41, 5.74) is 2.34. The SMILES string of the molecule is CCn1c(CC(C)O)cc2cc(Cl)ccc21. The lowest BCUT2D eigenvalue weighted by Gasteiger charge is -2.09. The molecule has 1 N–H and O–H groups in total. The van der Waals surface area contributed by atoms with Crippen LogP contribution >= 0.6 is 11.6 Å². The molecule has 86 valence electrons. The van der Waals surface area contributed by atoms with Crippen LogP contribution in [0.15, 0.2) is 24.3 Å². The van der Waals surface area contributed by atoms with Crippen LogP contribution < -0.4 is 0 Å². The summed E-state index contributed by atoms with van der Waals surface area (Å²) in [6.07, 6.45) is 0.366. The van der Waals surface area contributed by atoms with E-state index in [1.165, 1.54) is 5.52 Å². The van der Waals surface area contributed by atoms with E-state index in [2.05, 4.69) is 17.6 Å². The lowest BCUT2D eigenvalue weighted by Crippen LogP contribution is -2.09. The van der Waals surface area contributed by atoms with E-state index in [1.807, 2.05) is 25.1 Å². The lowest BCUT2D eigenvalue weighted by atomic mass is 10.2. The zero-order valence-corrected chi connectivity index (χ0v) is 10.3. The number of aliphatic hydroxyl groups excluding tert-OH is 1. The molecule has 2 nitrogen and oxygen atoms in total. The summed E-state index contributed by atoms with van der Waals surface area (Å²) in [6.45, 7) is 4.83. The third-order valence-corrected chi connectivity index (χ3v) is 3.01. The van der Waals surface area contributed by atoms with Gasteiger partial charge in [-0.2, -0.15) is 0 Å². The van der Waals surface area contributed by atoms with Gasteiger partial charge in [0.05, 0.1) is 6.10 Å². The smallest absolute Gasteiger partial charge is 0.0566 e. The monoisotopic (exact) mass is 237 g/mol. The molecule has 0 fully saturated rings. The molecule has 0 aliphatic carbocycles. The standard InChI is InChI=1S/C13H16ClNO/c1-3-15-12(6-9(2)16)8-10-7-11(14)4-5-13(10)15/h4-5,7-9,16H,3,6H2,1-2H3. The van der Waals surface area contributed by atoms with Crippen LogP contribution in [-0.2, 0) is 13.0 Å². The van der Waals surface area contributed by atoms with Crippen molar-refractivity contribution in [3.8, 4) is 0 Å². The van der Waals surface area contributed by atoms with Gasteiger partial charge in [-0.1, -0.05) is 11.6 Å². The van der Waals surface area contributed by atoms with Crippen LogP contribution in [0, 0.1) is 0 Å². The van der Waals surface area contributed by atoms with Crippen molar-refractivity contribution in [2.45, 2.75) is 32.9 Å². The molecule has 0 spiro atoms. The summed E-state index contributed by atoms with van der Waals surface area (Å²) in [7, 11) is 0. The van der Waals surface area contributed by atoms with Crippen LogP contribution in [-0.4, -0.2) is 15.8 Å². The van der Waals surface area contributed by atoms with Gasteiger partial charge in [-0.15, -0.1) is 0 Å². The Kier molecular flexibility index (Phi) is 3.22. The summed E-state index contributed by atoms with van der Waals surface area (Å²) in [6, 6.07) is 8.01. The maximum absolute atomic E-state index is 9.47. The zero-order chi connectivity index (χ0) is 11.7. The highest BCUT2D eigenvalue weighted by atomic mass is 35.5. The summed E-state index contributed by atoms with van der Waals surface area (Å²) in [4.78, 5) is 0. The Hall–Kier alpha value is -0.990. The van der Waals surface area contributed by atoms with Gasteiger partial charge in [-0.3, -0.25) is 0 Å². The summed E-state index contributed by atoms with van der Waals surface area (Å²) in [5.74, 6) is 0. The number of nitrogens with zero attached hydrogens (tertiary/aromatic N) is 1. The second-order valence-corrected chi connectivity index (χ2v) is 4.57. The summed E-state index contributed by atoms with van der Waals surface area (Å²) < 4.78 is 2.22. The van der Waals surface area contributed by atoms with Gasteiger partial charge in [0, 0.05) is 34.6 Å². The maximum atomic E-state index is 9.47. The Morgan fingerprint density at radius 2 is 2.12 bits per heavy atom. The highest BCUT2D eigenvalue weighted by Gasteiger charge is 2.09. The van der Waals surface area contributed by atoms with E-state index in [-0.39, 0.29) is 6.10 Å². The molecular weight excluding hydrogens is 222 g/mol. The molecule has 3 heteroatoms. The van der Waals surface area contributed by atoms with Crippen LogP contribution in [0.4, 0.5) is 0 Å². The van der Waals surface area contributed by atoms with E-state index in [0.717, 1.165) is 22.6 Å². The Morgan fingerprint density at radius 3 is 2.75 bits per heavy atom. The van der Waals surface area contributed by atoms with Crippen LogP contribution in [0.2, 0.25) is 5.02 Å². The second kappa shape index (κ2) is 4.48. The van der Waals surface area contributed by atoms with Crippen LogP contribution in [0.3, 0.4) is 0 Å². The van der Waals surface area contributed by atoms with Crippen molar-refractivity contribution >= 4 is 22.5 Å². The van der Waals surface area contributed by atoms with Crippen molar-refractivity contribution < 1.29 is 5.11 Å². The topological polar surface area (TPSA) is 25.2 Å². The number of benzene rings is 1. The van der Waals surface area contributed by atoms with Crippen molar-refractivity contribution in [3.63, 3.8) is 0 Å². The number of hydrogen-bond donors (Lipinski definition) is 1. The number of fused-ring (bicyclic) bond motifs is 1. The fourth-order valence-electron chi connectivity index (χ4n) is 2.14. The Bertz CT molecular complexity index is 502. The van der Waals surface area contributed by atoms with Gasteiger partial charge in [0.25, 0.3) is 0 Å². The molecule has 0 amide bonds. The van der Waals surface area contributed by atoms with Gasteiger partial charge < -0.3 is 9.67 Å². The van der Waals surface area contributed by atoms with Gasteiger partial charge >= 0.3 is 0 Å². The predicted molar refractivity (Wildman–Crippen MR) is 68.0 cm³/mol. The first kappa shape index (κ1) is 11.5. The fourth-order valence-corrected chi connectivity index (χ4v) is 2.32. The molecule has 2 rings (SSSR count). The number of halogens is 1. The van der Waals surface area contributed by atoms with Gasteiger partial charge in [-0.05, 0) is 38.1 Å². The molecule has 0 aliphatic rings. The quantitative estimate of drug-likeness (QED) is 0.871. The van der Waals surface area contributed by atoms with Crippen molar-refractivity contribution in [1.29, 1.82) is 0 Å². The average Bonchev–Trinajstić information content (AvgIpc) is 2.52. The number of hydrogen-bond acceptors (Lipinski definition) is 1. The van der Waals surface area contributed by atoms with Crippen molar-refractivity contribution in [2.24, 2.45) is 0 Å². The molecule has 1 aromatic heterocycles. The summed E-state index contributed by atoms with van der Waals surface area (Å²) in [5, 5.41) is 11.4. The molecule has 1 atom stereocenters. The minimum Gasteiger partial charge on any atom is -0.393 e. The minimum absolute atomic E-state index is 0.315. The number of aromatic nitrogens is 1. The van der Waals surface area contributed by atoms with Crippen molar-refractivity contribution in [2.75, 3.05) is 0 Å². The Balaban J connectivity index is 2.56. The first-order valence-corrected chi connectivity index (χ1v) is 5.95. The first-order valence-electron chi connectivity index (χ1n) is 5.57. The average molecular weight is 238 g/mol. The molecular formula is C13H16ClNO. The molecule has 16 heavy (non-hydrogen) atoms. The fraction of sp³-hybridized carbons (Fsp3) is 0.385. The van der Waals surface area contributed by atoms with Gasteiger partial charge in [0.2, 0.25) is 0 Å². The van der Waals surface area contributed by atoms with E-state index in [4.69, 9.17) is 11.6 Å². The van der Waals surface area contributed by atoms with E-state index in [1.54, 1.807) is 0 Å². The second-order valence-electron chi connectivity index (χ2n) is 4.14. The third kappa shape index (κ3) is 2.08. The predicted octanol–water partition coefficient (Wildman–Crippen LogP) is 3.24. The van der Waals surface area contributed by atoms with Crippen LogP contribution in [0.25, 0.3) is 10.9 Å². The highest BCUT2D eigenvalue weighted by Crippen LogP contribution is 2.24. The van der Waals surface area contributed by atoms with E-state index < -0.39 is 0 Å².